The highest BCUT2D eigenvalue weighted by atomic mass is 16.5. The van der Waals surface area contributed by atoms with Gasteiger partial charge in [0.2, 0.25) is 5.91 Å². The number of nitrogens with two attached hydrogens (primary N) is 1. The molecule has 0 aromatic heterocycles. The molecule has 3 saturated carbocycles. The van der Waals surface area contributed by atoms with Gasteiger partial charge in [0.1, 0.15) is 5.54 Å². The minimum absolute atomic E-state index is 0.0107. The molecule has 126 valence electrons. The molecule has 0 aromatic rings. The molecule has 22 heavy (non-hydrogen) atoms. The molecule has 0 aliphatic heterocycles. The first-order valence-electron chi connectivity index (χ1n) is 9.07. The summed E-state index contributed by atoms with van der Waals surface area (Å²) in [7, 11) is 0. The van der Waals surface area contributed by atoms with E-state index in [9.17, 15) is 4.79 Å². The Kier molecular flexibility index (Phi) is 4.28. The average Bonchev–Trinajstić information content (AvgIpc) is 3.09. The summed E-state index contributed by atoms with van der Waals surface area (Å²) in [4.78, 5) is 12.6. The first kappa shape index (κ1) is 16.3. The monoisotopic (exact) mass is 308 g/mol. The van der Waals surface area contributed by atoms with Crippen LogP contribution in [-0.4, -0.2) is 30.7 Å². The number of carbonyl (C=O) groups is 1. The van der Waals surface area contributed by atoms with Crippen molar-refractivity contribution in [2.75, 3.05) is 13.2 Å². The summed E-state index contributed by atoms with van der Waals surface area (Å²) in [5, 5.41) is 3.11. The van der Waals surface area contributed by atoms with Crippen LogP contribution in [0.1, 0.15) is 59.3 Å². The van der Waals surface area contributed by atoms with E-state index in [1.165, 1.54) is 25.7 Å². The summed E-state index contributed by atoms with van der Waals surface area (Å²) < 4.78 is 5.70. The second-order valence-electron chi connectivity index (χ2n) is 8.32. The van der Waals surface area contributed by atoms with Gasteiger partial charge in [-0.2, -0.15) is 0 Å². The first-order chi connectivity index (χ1) is 10.4. The molecule has 2 bridgehead atoms. The van der Waals surface area contributed by atoms with E-state index in [2.05, 4.69) is 5.32 Å². The second kappa shape index (κ2) is 5.79. The van der Waals surface area contributed by atoms with Crippen LogP contribution in [0.15, 0.2) is 0 Å². The highest BCUT2D eigenvalue weighted by Crippen LogP contribution is 2.50. The quantitative estimate of drug-likeness (QED) is 0.792. The smallest absolute Gasteiger partial charge is 0.240 e. The summed E-state index contributed by atoms with van der Waals surface area (Å²) >= 11 is 0. The van der Waals surface area contributed by atoms with E-state index in [0.29, 0.717) is 13.0 Å². The van der Waals surface area contributed by atoms with Crippen LogP contribution in [-0.2, 0) is 9.53 Å². The van der Waals surface area contributed by atoms with Crippen molar-refractivity contribution in [1.82, 2.24) is 5.32 Å². The third-order valence-electron chi connectivity index (χ3n) is 6.92. The Morgan fingerprint density at radius 2 is 2.09 bits per heavy atom. The van der Waals surface area contributed by atoms with Crippen LogP contribution in [0.5, 0.6) is 0 Å². The normalized spacial score (nSPS) is 42.2. The largest absolute Gasteiger partial charge is 0.378 e. The lowest BCUT2D eigenvalue weighted by Crippen LogP contribution is -2.75. The lowest BCUT2D eigenvalue weighted by atomic mass is 9.54. The minimum Gasteiger partial charge on any atom is -0.378 e. The molecule has 5 atom stereocenters. The molecular weight excluding hydrogens is 276 g/mol. The molecule has 3 rings (SSSR count). The van der Waals surface area contributed by atoms with Crippen molar-refractivity contribution in [2.24, 2.45) is 28.9 Å². The number of nitrogens with one attached hydrogen (secondary N) is 1. The van der Waals surface area contributed by atoms with Crippen molar-refractivity contribution in [2.45, 2.75) is 70.9 Å². The topological polar surface area (TPSA) is 64.3 Å². The number of hydrogen-bond acceptors (Lipinski definition) is 3. The zero-order valence-corrected chi connectivity index (χ0v) is 14.4. The van der Waals surface area contributed by atoms with Gasteiger partial charge >= 0.3 is 0 Å². The van der Waals surface area contributed by atoms with E-state index in [0.717, 1.165) is 30.7 Å². The van der Waals surface area contributed by atoms with Crippen molar-refractivity contribution in [3.8, 4) is 0 Å². The highest BCUT2D eigenvalue weighted by molar-refractivity contribution is 5.88. The Balaban J connectivity index is 1.46. The number of amides is 1. The number of carbonyl (C=O) groups excluding carboxylic acids is 1. The standard InChI is InChI=1S/C18H32N2O2/c1-4-22-15-11-18(19,17(15,2)3)16(21)20-8-7-14-10-12-5-6-13(14)9-12/h12-15H,4-11,19H2,1-3H3,(H,20,21). The van der Waals surface area contributed by atoms with Crippen LogP contribution < -0.4 is 11.1 Å². The van der Waals surface area contributed by atoms with Gasteiger partial charge in [0.05, 0.1) is 6.10 Å². The zero-order chi connectivity index (χ0) is 16.0. The number of fused-ring (bicyclic) bond motifs is 2. The Labute approximate surface area is 134 Å². The van der Waals surface area contributed by atoms with Crippen molar-refractivity contribution >= 4 is 5.91 Å². The maximum absolute atomic E-state index is 12.6. The highest BCUT2D eigenvalue weighted by Gasteiger charge is 2.62. The molecule has 0 radical (unpaired) electrons. The van der Waals surface area contributed by atoms with Gasteiger partial charge in [-0.15, -0.1) is 0 Å². The van der Waals surface area contributed by atoms with Gasteiger partial charge in [-0.25, -0.2) is 0 Å². The summed E-state index contributed by atoms with van der Waals surface area (Å²) in [6.07, 6.45) is 7.51. The van der Waals surface area contributed by atoms with Crippen LogP contribution in [0, 0.1) is 23.2 Å². The third-order valence-corrected chi connectivity index (χ3v) is 6.92. The van der Waals surface area contributed by atoms with Crippen molar-refractivity contribution in [3.63, 3.8) is 0 Å². The number of ether oxygens (including phenoxy) is 1. The third kappa shape index (κ3) is 2.48. The van der Waals surface area contributed by atoms with Gasteiger partial charge in [0, 0.05) is 25.0 Å². The lowest BCUT2D eigenvalue weighted by molar-refractivity contribution is -0.170. The van der Waals surface area contributed by atoms with Crippen LogP contribution >= 0.6 is 0 Å². The molecule has 5 unspecified atom stereocenters. The Bertz CT molecular complexity index is 437. The predicted octanol–water partition coefficient (Wildman–Crippen LogP) is 2.46. The van der Waals surface area contributed by atoms with Crippen LogP contribution in [0.4, 0.5) is 0 Å². The molecule has 0 saturated heterocycles. The first-order valence-corrected chi connectivity index (χ1v) is 9.07. The summed E-state index contributed by atoms with van der Waals surface area (Å²) in [5.74, 6) is 2.75. The van der Waals surface area contributed by atoms with E-state index < -0.39 is 5.54 Å². The zero-order valence-electron chi connectivity index (χ0n) is 14.4. The van der Waals surface area contributed by atoms with Gasteiger partial charge in [-0.05, 0) is 50.4 Å². The lowest BCUT2D eigenvalue weighted by Gasteiger charge is -2.57. The Morgan fingerprint density at radius 1 is 1.32 bits per heavy atom. The van der Waals surface area contributed by atoms with Crippen LogP contribution in [0.25, 0.3) is 0 Å². The van der Waals surface area contributed by atoms with Gasteiger partial charge in [-0.1, -0.05) is 20.3 Å². The van der Waals surface area contributed by atoms with Gasteiger partial charge in [0.15, 0.2) is 0 Å². The fourth-order valence-electron chi connectivity index (χ4n) is 5.08. The van der Waals surface area contributed by atoms with Crippen LogP contribution in [0.2, 0.25) is 0 Å². The Morgan fingerprint density at radius 3 is 2.64 bits per heavy atom. The molecule has 1 amide bonds. The number of rotatable bonds is 6. The molecule has 0 aromatic carbocycles. The molecule has 3 aliphatic carbocycles. The van der Waals surface area contributed by atoms with Gasteiger partial charge < -0.3 is 15.8 Å². The van der Waals surface area contributed by atoms with E-state index in [1.54, 1.807) is 0 Å². The molecule has 0 heterocycles. The molecule has 0 spiro atoms. The van der Waals surface area contributed by atoms with E-state index in [1.807, 2.05) is 20.8 Å². The second-order valence-corrected chi connectivity index (χ2v) is 8.32. The molecule has 3 fully saturated rings. The maximum Gasteiger partial charge on any atom is 0.240 e. The Hall–Kier alpha value is -0.610. The van der Waals surface area contributed by atoms with E-state index in [-0.39, 0.29) is 17.4 Å². The fraction of sp³-hybridized carbons (Fsp3) is 0.944. The molecular formula is C18H32N2O2. The molecule has 3 aliphatic rings. The van der Waals surface area contributed by atoms with Gasteiger partial charge in [-0.3, -0.25) is 4.79 Å². The van der Waals surface area contributed by atoms with Crippen LogP contribution in [0.3, 0.4) is 0 Å². The average molecular weight is 308 g/mol. The molecule has 4 heteroatoms. The summed E-state index contributed by atoms with van der Waals surface area (Å²) in [6.45, 7) is 7.54. The maximum atomic E-state index is 12.6. The van der Waals surface area contributed by atoms with E-state index >= 15 is 0 Å². The summed E-state index contributed by atoms with van der Waals surface area (Å²) in [6, 6.07) is 0. The van der Waals surface area contributed by atoms with Crippen molar-refractivity contribution < 1.29 is 9.53 Å². The number of hydrogen-bond donors (Lipinski definition) is 2. The fourth-order valence-corrected chi connectivity index (χ4v) is 5.08. The molecule has 3 N–H and O–H groups in total. The SMILES string of the molecule is CCOC1CC(N)(C(=O)NCCC2CC3CCC2C3)C1(C)C. The van der Waals surface area contributed by atoms with Crippen molar-refractivity contribution in [3.05, 3.63) is 0 Å². The molecule has 4 nitrogen and oxygen atoms in total. The van der Waals surface area contributed by atoms with E-state index in [4.69, 9.17) is 10.5 Å². The predicted molar refractivity (Wildman–Crippen MR) is 87.3 cm³/mol. The van der Waals surface area contributed by atoms with Gasteiger partial charge in [0.25, 0.3) is 0 Å². The minimum atomic E-state index is -0.776. The van der Waals surface area contributed by atoms with Crippen molar-refractivity contribution in [1.29, 1.82) is 0 Å². The summed E-state index contributed by atoms with van der Waals surface area (Å²) in [5.41, 5.74) is 5.34.